The Morgan fingerprint density at radius 3 is 2.19 bits per heavy atom. The predicted molar refractivity (Wildman–Crippen MR) is 60.9 cm³/mol. The molecule has 16 heavy (non-hydrogen) atoms. The SMILES string of the molecule is CCC12CC3CC(C1)C1(OCCO1)C(C3)C2. The fourth-order valence-electron chi connectivity index (χ4n) is 5.44. The quantitative estimate of drug-likeness (QED) is 0.679. The van der Waals surface area contributed by atoms with Gasteiger partial charge in [-0.05, 0) is 43.4 Å². The minimum absolute atomic E-state index is 0.129. The minimum Gasteiger partial charge on any atom is -0.347 e. The van der Waals surface area contributed by atoms with Crippen LogP contribution in [0.5, 0.6) is 0 Å². The van der Waals surface area contributed by atoms with Gasteiger partial charge < -0.3 is 9.47 Å². The van der Waals surface area contributed by atoms with Crippen molar-refractivity contribution in [3.8, 4) is 0 Å². The molecule has 5 rings (SSSR count). The van der Waals surface area contributed by atoms with Crippen LogP contribution in [0, 0.1) is 23.2 Å². The summed E-state index contributed by atoms with van der Waals surface area (Å²) in [5.74, 6) is 2.27. The number of ether oxygens (including phenoxy) is 2. The molecule has 1 heterocycles. The first-order chi connectivity index (χ1) is 7.76. The second kappa shape index (κ2) is 3.02. The lowest BCUT2D eigenvalue weighted by Gasteiger charge is -2.63. The van der Waals surface area contributed by atoms with Crippen LogP contribution in [0.4, 0.5) is 0 Å². The van der Waals surface area contributed by atoms with Gasteiger partial charge >= 0.3 is 0 Å². The smallest absolute Gasteiger partial charge is 0.174 e. The Hall–Kier alpha value is -0.0800. The molecule has 2 unspecified atom stereocenters. The maximum Gasteiger partial charge on any atom is 0.174 e. The van der Waals surface area contributed by atoms with Crippen molar-refractivity contribution in [2.45, 2.75) is 51.2 Å². The van der Waals surface area contributed by atoms with E-state index in [1.807, 2.05) is 0 Å². The van der Waals surface area contributed by atoms with Gasteiger partial charge in [-0.15, -0.1) is 0 Å². The van der Waals surface area contributed by atoms with Crippen LogP contribution in [-0.4, -0.2) is 19.0 Å². The third-order valence-electron chi connectivity index (χ3n) is 5.94. The summed E-state index contributed by atoms with van der Waals surface area (Å²) >= 11 is 0. The van der Waals surface area contributed by atoms with Gasteiger partial charge in [-0.3, -0.25) is 0 Å². The normalized spacial score (nSPS) is 52.7. The predicted octanol–water partition coefficient (Wildman–Crippen LogP) is 2.97. The summed E-state index contributed by atoms with van der Waals surface area (Å²) in [6.07, 6.45) is 8.35. The summed E-state index contributed by atoms with van der Waals surface area (Å²) < 4.78 is 12.2. The molecule has 2 heteroatoms. The van der Waals surface area contributed by atoms with E-state index in [9.17, 15) is 0 Å². The molecular weight excluding hydrogens is 200 g/mol. The van der Waals surface area contributed by atoms with Gasteiger partial charge in [0.2, 0.25) is 0 Å². The average Bonchev–Trinajstić information content (AvgIpc) is 2.75. The molecule has 5 fully saturated rings. The Morgan fingerprint density at radius 2 is 1.62 bits per heavy atom. The summed E-state index contributed by atoms with van der Waals surface area (Å²) in [7, 11) is 0. The monoisotopic (exact) mass is 222 g/mol. The maximum absolute atomic E-state index is 6.08. The van der Waals surface area contributed by atoms with Crippen LogP contribution in [0.1, 0.15) is 45.4 Å². The van der Waals surface area contributed by atoms with Gasteiger partial charge in [0.05, 0.1) is 13.2 Å². The lowest BCUT2D eigenvalue weighted by Crippen LogP contribution is -2.61. The van der Waals surface area contributed by atoms with E-state index < -0.39 is 0 Å². The second-order valence-electron chi connectivity index (χ2n) is 6.62. The van der Waals surface area contributed by atoms with Crippen LogP contribution < -0.4 is 0 Å². The van der Waals surface area contributed by atoms with Crippen LogP contribution in [0.25, 0.3) is 0 Å². The summed E-state index contributed by atoms with van der Waals surface area (Å²) in [5, 5.41) is 0. The third-order valence-corrected chi connectivity index (χ3v) is 5.94. The summed E-state index contributed by atoms with van der Waals surface area (Å²) in [6.45, 7) is 4.05. The van der Waals surface area contributed by atoms with Crippen LogP contribution in [0.3, 0.4) is 0 Å². The van der Waals surface area contributed by atoms with E-state index in [-0.39, 0.29) is 5.79 Å². The van der Waals surface area contributed by atoms with E-state index in [1.54, 1.807) is 0 Å². The summed E-state index contributed by atoms with van der Waals surface area (Å²) in [6, 6.07) is 0. The Balaban J connectivity index is 1.72. The van der Waals surface area contributed by atoms with Crippen molar-refractivity contribution in [3.05, 3.63) is 0 Å². The summed E-state index contributed by atoms with van der Waals surface area (Å²) in [5.41, 5.74) is 0.664. The van der Waals surface area contributed by atoms with Gasteiger partial charge in [0.1, 0.15) is 0 Å². The number of hydrogen-bond acceptors (Lipinski definition) is 2. The molecule has 0 aromatic rings. The molecule has 2 nitrogen and oxygen atoms in total. The minimum atomic E-state index is -0.129. The standard InChI is InChI=1S/C14H22O2/c1-2-13-7-10-5-11(8-13)14(12(6-10)9-13)15-3-4-16-14/h10-12H,2-9H2,1H3. The average molecular weight is 222 g/mol. The van der Waals surface area contributed by atoms with Crippen molar-refractivity contribution < 1.29 is 9.47 Å². The van der Waals surface area contributed by atoms with Crippen molar-refractivity contribution in [3.63, 3.8) is 0 Å². The highest BCUT2D eigenvalue weighted by Crippen LogP contribution is 2.66. The molecule has 0 aromatic carbocycles. The largest absolute Gasteiger partial charge is 0.347 e. The molecule has 4 aliphatic carbocycles. The molecule has 5 aliphatic rings. The molecule has 90 valence electrons. The highest BCUT2D eigenvalue weighted by atomic mass is 16.7. The maximum atomic E-state index is 6.08. The molecule has 2 atom stereocenters. The first-order valence-electron chi connectivity index (χ1n) is 7.04. The Kier molecular flexibility index (Phi) is 1.87. The summed E-state index contributed by atoms with van der Waals surface area (Å²) in [4.78, 5) is 0. The van der Waals surface area contributed by atoms with Crippen LogP contribution >= 0.6 is 0 Å². The van der Waals surface area contributed by atoms with E-state index in [2.05, 4.69) is 6.92 Å². The van der Waals surface area contributed by atoms with E-state index in [0.29, 0.717) is 17.3 Å². The molecule has 4 saturated carbocycles. The van der Waals surface area contributed by atoms with Crippen molar-refractivity contribution >= 4 is 0 Å². The van der Waals surface area contributed by atoms with Crippen molar-refractivity contribution in [2.24, 2.45) is 23.2 Å². The number of rotatable bonds is 1. The van der Waals surface area contributed by atoms with Crippen LogP contribution in [0.2, 0.25) is 0 Å². The van der Waals surface area contributed by atoms with Crippen molar-refractivity contribution in [1.29, 1.82) is 0 Å². The number of hydrogen-bond donors (Lipinski definition) is 0. The van der Waals surface area contributed by atoms with Gasteiger partial charge in [0.15, 0.2) is 5.79 Å². The highest BCUT2D eigenvalue weighted by Gasteiger charge is 2.64. The van der Waals surface area contributed by atoms with Crippen LogP contribution in [0.15, 0.2) is 0 Å². The lowest BCUT2D eigenvalue weighted by atomic mass is 9.46. The van der Waals surface area contributed by atoms with E-state index >= 15 is 0 Å². The fraction of sp³-hybridized carbons (Fsp3) is 1.00. The molecule has 0 amide bonds. The Bertz CT molecular complexity index is 288. The van der Waals surface area contributed by atoms with Crippen molar-refractivity contribution in [1.82, 2.24) is 0 Å². The zero-order valence-corrected chi connectivity index (χ0v) is 10.2. The third kappa shape index (κ3) is 1.06. The van der Waals surface area contributed by atoms with Gasteiger partial charge in [-0.25, -0.2) is 0 Å². The Morgan fingerprint density at radius 1 is 1.00 bits per heavy atom. The van der Waals surface area contributed by atoms with Gasteiger partial charge in [-0.2, -0.15) is 0 Å². The van der Waals surface area contributed by atoms with Crippen molar-refractivity contribution in [2.75, 3.05) is 13.2 Å². The Labute approximate surface area is 97.7 Å². The van der Waals surface area contributed by atoms with E-state index in [1.165, 1.54) is 38.5 Å². The van der Waals surface area contributed by atoms with Gasteiger partial charge in [0, 0.05) is 11.8 Å². The zero-order valence-electron chi connectivity index (χ0n) is 10.2. The van der Waals surface area contributed by atoms with E-state index in [0.717, 1.165) is 19.1 Å². The fourth-order valence-corrected chi connectivity index (χ4v) is 5.44. The second-order valence-corrected chi connectivity index (χ2v) is 6.62. The van der Waals surface area contributed by atoms with E-state index in [4.69, 9.17) is 9.47 Å². The first kappa shape index (κ1) is 9.90. The van der Waals surface area contributed by atoms with Crippen LogP contribution in [-0.2, 0) is 9.47 Å². The molecule has 1 saturated heterocycles. The molecule has 0 radical (unpaired) electrons. The molecule has 4 bridgehead atoms. The van der Waals surface area contributed by atoms with Gasteiger partial charge in [0.25, 0.3) is 0 Å². The first-order valence-corrected chi connectivity index (χ1v) is 7.04. The molecule has 1 aliphatic heterocycles. The molecule has 1 spiro atoms. The lowest BCUT2D eigenvalue weighted by molar-refractivity contribution is -0.303. The highest BCUT2D eigenvalue weighted by molar-refractivity contribution is 5.09. The van der Waals surface area contributed by atoms with Gasteiger partial charge in [-0.1, -0.05) is 13.3 Å². The topological polar surface area (TPSA) is 18.5 Å². The molecule has 0 N–H and O–H groups in total. The zero-order chi connectivity index (χ0) is 10.8. The molecule has 0 aromatic heterocycles. The molecular formula is C14H22O2.